The van der Waals surface area contributed by atoms with Crippen molar-refractivity contribution in [2.45, 2.75) is 39.3 Å². The lowest BCUT2D eigenvalue weighted by Crippen LogP contribution is -2.26. The second-order valence-corrected chi connectivity index (χ2v) is 4.68. The zero-order valence-corrected chi connectivity index (χ0v) is 9.33. The van der Waals surface area contributed by atoms with Gasteiger partial charge in [-0.3, -0.25) is 0 Å². The summed E-state index contributed by atoms with van der Waals surface area (Å²) in [5.41, 5.74) is 2.05. The van der Waals surface area contributed by atoms with Crippen LogP contribution in [-0.2, 0) is 0 Å². The Balaban J connectivity index is 2.84. The van der Waals surface area contributed by atoms with Gasteiger partial charge < -0.3 is 10.4 Å². The van der Waals surface area contributed by atoms with Crippen LogP contribution in [0.4, 0.5) is 5.69 Å². The first-order chi connectivity index (χ1) is 6.38. The molecule has 0 aliphatic rings. The summed E-state index contributed by atoms with van der Waals surface area (Å²) in [6, 6.07) is 7.88. The molecule has 1 unspecified atom stereocenters. The Labute approximate surface area is 86.0 Å². The van der Waals surface area contributed by atoms with Crippen LogP contribution in [0.5, 0.6) is 0 Å². The molecule has 0 aromatic heterocycles. The van der Waals surface area contributed by atoms with E-state index >= 15 is 0 Å². The van der Waals surface area contributed by atoms with Crippen molar-refractivity contribution in [1.82, 2.24) is 0 Å². The van der Waals surface area contributed by atoms with Gasteiger partial charge in [0, 0.05) is 11.2 Å². The van der Waals surface area contributed by atoms with Gasteiger partial charge in [0.05, 0.1) is 6.10 Å². The molecule has 1 atom stereocenters. The van der Waals surface area contributed by atoms with Crippen LogP contribution in [0, 0.1) is 0 Å². The van der Waals surface area contributed by atoms with E-state index in [2.05, 4.69) is 26.1 Å². The van der Waals surface area contributed by atoms with Crippen molar-refractivity contribution in [3.05, 3.63) is 29.8 Å². The van der Waals surface area contributed by atoms with Crippen LogP contribution in [-0.4, -0.2) is 10.6 Å². The highest BCUT2D eigenvalue weighted by Crippen LogP contribution is 2.19. The Kier molecular flexibility index (Phi) is 3.17. The van der Waals surface area contributed by atoms with Gasteiger partial charge in [-0.05, 0) is 45.4 Å². The van der Waals surface area contributed by atoms with Gasteiger partial charge in [0.2, 0.25) is 0 Å². The van der Waals surface area contributed by atoms with Gasteiger partial charge in [-0.25, -0.2) is 0 Å². The number of nitrogens with one attached hydrogen (secondary N) is 1. The summed E-state index contributed by atoms with van der Waals surface area (Å²) in [6.07, 6.45) is -0.406. The molecule has 1 aromatic carbocycles. The Morgan fingerprint density at radius 1 is 1.29 bits per heavy atom. The lowest BCUT2D eigenvalue weighted by molar-refractivity contribution is 0.199. The molecule has 0 aliphatic heterocycles. The van der Waals surface area contributed by atoms with Crippen molar-refractivity contribution in [1.29, 1.82) is 0 Å². The second kappa shape index (κ2) is 4.01. The van der Waals surface area contributed by atoms with E-state index in [1.165, 1.54) is 0 Å². The molecule has 0 fully saturated rings. The van der Waals surface area contributed by atoms with Crippen LogP contribution in [0.3, 0.4) is 0 Å². The number of aliphatic hydroxyl groups excluding tert-OH is 1. The van der Waals surface area contributed by atoms with Gasteiger partial charge in [-0.2, -0.15) is 0 Å². The summed E-state index contributed by atoms with van der Waals surface area (Å²) in [5, 5.41) is 12.8. The van der Waals surface area contributed by atoms with Gasteiger partial charge in [-0.15, -0.1) is 0 Å². The summed E-state index contributed by atoms with van der Waals surface area (Å²) in [7, 11) is 0. The topological polar surface area (TPSA) is 32.3 Å². The molecule has 0 heterocycles. The highest BCUT2D eigenvalue weighted by Gasteiger charge is 2.09. The van der Waals surface area contributed by atoms with E-state index in [1.54, 1.807) is 6.92 Å². The second-order valence-electron chi connectivity index (χ2n) is 4.68. The Morgan fingerprint density at radius 2 is 1.93 bits per heavy atom. The molecule has 78 valence electrons. The fourth-order valence-corrected chi connectivity index (χ4v) is 1.31. The van der Waals surface area contributed by atoms with E-state index < -0.39 is 6.10 Å². The monoisotopic (exact) mass is 193 g/mol. The van der Waals surface area contributed by atoms with E-state index in [0.717, 1.165) is 11.3 Å². The van der Waals surface area contributed by atoms with Gasteiger partial charge in [0.1, 0.15) is 0 Å². The quantitative estimate of drug-likeness (QED) is 0.757. The molecule has 0 bridgehead atoms. The Hall–Kier alpha value is -1.02. The molecule has 2 N–H and O–H groups in total. The first-order valence-corrected chi connectivity index (χ1v) is 4.95. The van der Waals surface area contributed by atoms with Crippen molar-refractivity contribution in [2.75, 3.05) is 5.32 Å². The van der Waals surface area contributed by atoms with Gasteiger partial charge in [0.15, 0.2) is 0 Å². The fraction of sp³-hybridized carbons (Fsp3) is 0.500. The first-order valence-electron chi connectivity index (χ1n) is 4.95. The van der Waals surface area contributed by atoms with Gasteiger partial charge in [0.25, 0.3) is 0 Å². The molecular formula is C12H19NO. The predicted octanol–water partition coefficient (Wildman–Crippen LogP) is 2.95. The molecule has 2 heteroatoms. The average Bonchev–Trinajstić information content (AvgIpc) is 2.01. The summed E-state index contributed by atoms with van der Waals surface area (Å²) < 4.78 is 0. The lowest BCUT2D eigenvalue weighted by Gasteiger charge is -2.22. The summed E-state index contributed by atoms with van der Waals surface area (Å²) in [4.78, 5) is 0. The lowest BCUT2D eigenvalue weighted by atomic mass is 10.1. The highest BCUT2D eigenvalue weighted by atomic mass is 16.3. The van der Waals surface area contributed by atoms with Gasteiger partial charge in [-0.1, -0.05) is 12.1 Å². The summed E-state index contributed by atoms with van der Waals surface area (Å²) >= 11 is 0. The molecule has 1 aromatic rings. The third-order valence-electron chi connectivity index (χ3n) is 1.89. The molecule has 0 saturated heterocycles. The molecule has 14 heavy (non-hydrogen) atoms. The number of hydrogen-bond acceptors (Lipinski definition) is 2. The number of benzene rings is 1. The molecule has 2 nitrogen and oxygen atoms in total. The summed E-state index contributed by atoms with van der Waals surface area (Å²) in [5.74, 6) is 0. The third kappa shape index (κ3) is 3.38. The number of aliphatic hydroxyl groups is 1. The van der Waals surface area contributed by atoms with Crippen LogP contribution in [0.25, 0.3) is 0 Å². The maximum absolute atomic E-state index is 9.42. The highest BCUT2D eigenvalue weighted by molar-refractivity contribution is 5.47. The maximum Gasteiger partial charge on any atom is 0.0762 e. The molecule has 1 rings (SSSR count). The average molecular weight is 193 g/mol. The summed E-state index contributed by atoms with van der Waals surface area (Å²) in [6.45, 7) is 8.11. The molecule has 0 aliphatic carbocycles. The zero-order valence-electron chi connectivity index (χ0n) is 9.33. The normalized spacial score (nSPS) is 13.8. The van der Waals surface area contributed by atoms with E-state index in [-0.39, 0.29) is 5.54 Å². The maximum atomic E-state index is 9.42. The van der Waals surface area contributed by atoms with Crippen LogP contribution in [0.2, 0.25) is 0 Å². The third-order valence-corrected chi connectivity index (χ3v) is 1.89. The van der Waals surface area contributed by atoms with Crippen molar-refractivity contribution in [3.63, 3.8) is 0 Å². The Morgan fingerprint density at radius 3 is 2.43 bits per heavy atom. The number of rotatable bonds is 2. The van der Waals surface area contributed by atoms with Crippen molar-refractivity contribution in [2.24, 2.45) is 0 Å². The van der Waals surface area contributed by atoms with E-state index in [4.69, 9.17) is 0 Å². The van der Waals surface area contributed by atoms with Crippen LogP contribution in [0.15, 0.2) is 24.3 Å². The minimum absolute atomic E-state index is 0.0529. The predicted molar refractivity (Wildman–Crippen MR) is 60.5 cm³/mol. The van der Waals surface area contributed by atoms with E-state index in [1.807, 2.05) is 24.3 Å². The van der Waals surface area contributed by atoms with Crippen molar-refractivity contribution < 1.29 is 5.11 Å². The molecule has 0 radical (unpaired) electrons. The molecule has 0 spiro atoms. The smallest absolute Gasteiger partial charge is 0.0762 e. The SMILES string of the molecule is CC(O)c1cccc(NC(C)(C)C)c1. The van der Waals surface area contributed by atoms with Crippen molar-refractivity contribution in [3.8, 4) is 0 Å². The van der Waals surface area contributed by atoms with Crippen LogP contribution >= 0.6 is 0 Å². The first kappa shape index (κ1) is 11.1. The molecule has 0 amide bonds. The fourth-order valence-electron chi connectivity index (χ4n) is 1.31. The van der Waals surface area contributed by atoms with E-state index in [0.29, 0.717) is 0 Å². The van der Waals surface area contributed by atoms with Crippen LogP contribution < -0.4 is 5.32 Å². The number of anilines is 1. The Bertz CT molecular complexity index is 299. The van der Waals surface area contributed by atoms with E-state index in [9.17, 15) is 5.11 Å². The van der Waals surface area contributed by atoms with Gasteiger partial charge >= 0.3 is 0 Å². The minimum Gasteiger partial charge on any atom is -0.389 e. The minimum atomic E-state index is -0.406. The molecule has 0 saturated carbocycles. The largest absolute Gasteiger partial charge is 0.389 e. The standard InChI is InChI=1S/C12H19NO/c1-9(14)10-6-5-7-11(8-10)13-12(2,3)4/h5-9,13-14H,1-4H3. The number of hydrogen-bond donors (Lipinski definition) is 2. The zero-order chi connectivity index (χ0) is 10.8. The molecular weight excluding hydrogens is 174 g/mol. The van der Waals surface area contributed by atoms with Crippen LogP contribution in [0.1, 0.15) is 39.4 Å². The van der Waals surface area contributed by atoms with Crippen molar-refractivity contribution >= 4 is 5.69 Å².